The van der Waals surface area contributed by atoms with Gasteiger partial charge in [-0.15, -0.1) is 0 Å². The van der Waals surface area contributed by atoms with Gasteiger partial charge in [-0.25, -0.2) is 8.42 Å². The first kappa shape index (κ1) is 24.2. The smallest absolute Gasteiger partial charge is 0.244 e. The van der Waals surface area contributed by atoms with Crippen LogP contribution in [0.25, 0.3) is 0 Å². The van der Waals surface area contributed by atoms with Gasteiger partial charge in [-0.05, 0) is 31.5 Å². The summed E-state index contributed by atoms with van der Waals surface area (Å²) in [5.74, 6) is -0.487. The summed E-state index contributed by atoms with van der Waals surface area (Å²) >= 11 is 0. The van der Waals surface area contributed by atoms with Crippen LogP contribution in [0.5, 0.6) is 5.75 Å². The van der Waals surface area contributed by atoms with Crippen LogP contribution in [0.15, 0.2) is 54.6 Å². The monoisotopic (exact) mass is 447 g/mol. The van der Waals surface area contributed by atoms with Gasteiger partial charge in [0.1, 0.15) is 18.3 Å². The molecule has 0 saturated heterocycles. The van der Waals surface area contributed by atoms with Crippen LogP contribution in [0.4, 0.5) is 5.69 Å². The summed E-state index contributed by atoms with van der Waals surface area (Å²) in [6.45, 7) is 3.45. The number of sulfonamides is 1. The Hall–Kier alpha value is -3.07. The number of amides is 2. The lowest BCUT2D eigenvalue weighted by molar-refractivity contribution is -0.139. The average molecular weight is 448 g/mol. The lowest BCUT2D eigenvalue weighted by Gasteiger charge is -2.31. The summed E-state index contributed by atoms with van der Waals surface area (Å²) < 4.78 is 31.7. The highest BCUT2D eigenvalue weighted by Gasteiger charge is 2.30. The molecular formula is C22H29N3O5S. The van der Waals surface area contributed by atoms with E-state index < -0.39 is 28.5 Å². The molecule has 0 aliphatic rings. The number of rotatable bonds is 10. The molecule has 0 bridgehead atoms. The van der Waals surface area contributed by atoms with Gasteiger partial charge < -0.3 is 15.0 Å². The van der Waals surface area contributed by atoms with Gasteiger partial charge in [-0.3, -0.25) is 13.9 Å². The van der Waals surface area contributed by atoms with Crippen molar-refractivity contribution in [2.24, 2.45) is 0 Å². The highest BCUT2D eigenvalue weighted by atomic mass is 32.2. The van der Waals surface area contributed by atoms with E-state index in [1.807, 2.05) is 30.3 Å². The Kier molecular flexibility index (Phi) is 8.44. The minimum atomic E-state index is -3.81. The van der Waals surface area contributed by atoms with E-state index in [0.29, 0.717) is 12.4 Å². The quantitative estimate of drug-likeness (QED) is 0.601. The van der Waals surface area contributed by atoms with E-state index in [4.69, 9.17) is 4.74 Å². The number of ether oxygens (including phenoxy) is 1. The number of benzene rings is 2. The van der Waals surface area contributed by atoms with E-state index in [0.717, 1.165) is 16.1 Å². The minimum absolute atomic E-state index is 0.166. The fourth-order valence-corrected chi connectivity index (χ4v) is 3.96. The zero-order valence-corrected chi connectivity index (χ0v) is 19.1. The Bertz CT molecular complexity index is 995. The maximum Gasteiger partial charge on any atom is 0.244 e. The number of carbonyl (C=O) groups excluding carboxylic acids is 2. The van der Waals surface area contributed by atoms with Crippen molar-refractivity contribution >= 4 is 27.5 Å². The largest absolute Gasteiger partial charge is 0.492 e. The van der Waals surface area contributed by atoms with E-state index in [2.05, 4.69) is 5.32 Å². The number of likely N-dealkylation sites (N-methyl/N-ethyl adjacent to an activating group) is 1. The first-order valence-electron chi connectivity index (χ1n) is 9.93. The molecule has 0 aliphatic carbocycles. The van der Waals surface area contributed by atoms with Gasteiger partial charge in [0.05, 0.1) is 18.6 Å². The van der Waals surface area contributed by atoms with Gasteiger partial charge in [0.15, 0.2) is 0 Å². The third-order valence-corrected chi connectivity index (χ3v) is 5.85. The van der Waals surface area contributed by atoms with E-state index in [1.54, 1.807) is 38.1 Å². The molecule has 0 heterocycles. The zero-order chi connectivity index (χ0) is 23.0. The molecule has 0 radical (unpaired) electrons. The molecule has 31 heavy (non-hydrogen) atoms. The van der Waals surface area contributed by atoms with Crippen LogP contribution < -0.4 is 14.4 Å². The second-order valence-corrected chi connectivity index (χ2v) is 8.87. The Labute approximate surface area is 183 Å². The predicted octanol–water partition coefficient (Wildman–Crippen LogP) is 2.01. The standard InChI is InChI=1S/C22H29N3O5S/c1-5-30-20-14-10-9-13-19(20)25(31(4,28)29)16-21(26)24(17(2)22(27)23-3)15-18-11-7-6-8-12-18/h6-14,17H,5,15-16H2,1-4H3,(H,23,27). The Morgan fingerprint density at radius 3 is 2.26 bits per heavy atom. The van der Waals surface area contributed by atoms with Crippen LogP contribution in [0.2, 0.25) is 0 Å². The molecule has 1 N–H and O–H groups in total. The summed E-state index contributed by atoms with van der Waals surface area (Å²) in [5, 5.41) is 2.54. The predicted molar refractivity (Wildman–Crippen MR) is 120 cm³/mol. The molecule has 0 fully saturated rings. The molecule has 0 aromatic heterocycles. The summed E-state index contributed by atoms with van der Waals surface area (Å²) in [5.41, 5.74) is 1.10. The second-order valence-electron chi connectivity index (χ2n) is 6.97. The highest BCUT2D eigenvalue weighted by molar-refractivity contribution is 7.92. The zero-order valence-electron chi connectivity index (χ0n) is 18.2. The molecule has 0 aliphatic heterocycles. The Balaban J connectivity index is 2.41. The number of para-hydroxylation sites is 2. The summed E-state index contributed by atoms with van der Waals surface area (Å²) in [6.07, 6.45) is 1.03. The van der Waals surface area contributed by atoms with E-state index in [1.165, 1.54) is 11.9 Å². The van der Waals surface area contributed by atoms with Gasteiger partial charge >= 0.3 is 0 Å². The average Bonchev–Trinajstić information content (AvgIpc) is 2.75. The van der Waals surface area contributed by atoms with Crippen molar-refractivity contribution < 1.29 is 22.7 Å². The lowest BCUT2D eigenvalue weighted by Crippen LogP contribution is -2.50. The molecule has 2 aromatic rings. The third kappa shape index (κ3) is 6.45. The Morgan fingerprint density at radius 1 is 1.06 bits per heavy atom. The fraction of sp³-hybridized carbons (Fsp3) is 0.364. The highest BCUT2D eigenvalue weighted by Crippen LogP contribution is 2.30. The summed E-state index contributed by atoms with van der Waals surface area (Å²) in [4.78, 5) is 27.0. The van der Waals surface area contributed by atoms with Crippen LogP contribution in [0.1, 0.15) is 19.4 Å². The molecule has 2 aromatic carbocycles. The van der Waals surface area contributed by atoms with Gasteiger partial charge in [-0.2, -0.15) is 0 Å². The van der Waals surface area contributed by atoms with Crippen molar-refractivity contribution in [3.05, 3.63) is 60.2 Å². The molecule has 168 valence electrons. The van der Waals surface area contributed by atoms with Gasteiger partial charge in [0.2, 0.25) is 21.8 Å². The summed E-state index contributed by atoms with van der Waals surface area (Å²) in [6, 6.07) is 15.1. The van der Waals surface area contributed by atoms with Crippen molar-refractivity contribution in [3.63, 3.8) is 0 Å². The van der Waals surface area contributed by atoms with Crippen molar-refractivity contribution in [1.29, 1.82) is 0 Å². The molecule has 1 atom stereocenters. The number of hydrogen-bond acceptors (Lipinski definition) is 5. The first-order valence-corrected chi connectivity index (χ1v) is 11.8. The Morgan fingerprint density at radius 2 is 1.68 bits per heavy atom. The van der Waals surface area contributed by atoms with E-state index in [9.17, 15) is 18.0 Å². The van der Waals surface area contributed by atoms with Crippen molar-refractivity contribution in [1.82, 2.24) is 10.2 Å². The number of nitrogens with one attached hydrogen (secondary N) is 1. The van der Waals surface area contributed by atoms with Crippen LogP contribution >= 0.6 is 0 Å². The van der Waals surface area contributed by atoms with Crippen molar-refractivity contribution in [3.8, 4) is 5.75 Å². The van der Waals surface area contributed by atoms with Crippen molar-refractivity contribution in [2.75, 3.05) is 30.8 Å². The van der Waals surface area contributed by atoms with Crippen LogP contribution in [0.3, 0.4) is 0 Å². The number of hydrogen-bond donors (Lipinski definition) is 1. The lowest BCUT2D eigenvalue weighted by atomic mass is 10.1. The number of carbonyl (C=O) groups is 2. The number of nitrogens with zero attached hydrogens (tertiary/aromatic N) is 2. The van der Waals surface area contributed by atoms with E-state index in [-0.39, 0.29) is 18.1 Å². The maximum atomic E-state index is 13.3. The van der Waals surface area contributed by atoms with Crippen LogP contribution in [-0.4, -0.2) is 57.6 Å². The molecular weight excluding hydrogens is 418 g/mol. The second kappa shape index (κ2) is 10.8. The summed E-state index contributed by atoms with van der Waals surface area (Å²) in [7, 11) is -2.32. The van der Waals surface area contributed by atoms with Gasteiger partial charge in [0, 0.05) is 13.6 Å². The minimum Gasteiger partial charge on any atom is -0.492 e. The van der Waals surface area contributed by atoms with Crippen LogP contribution in [0, 0.1) is 0 Å². The SMILES string of the molecule is CCOc1ccccc1N(CC(=O)N(Cc1ccccc1)C(C)C(=O)NC)S(C)(=O)=O. The topological polar surface area (TPSA) is 96.0 Å². The normalized spacial score (nSPS) is 12.0. The maximum absolute atomic E-state index is 13.3. The fourth-order valence-electron chi connectivity index (χ4n) is 3.11. The first-order chi connectivity index (χ1) is 14.7. The van der Waals surface area contributed by atoms with Gasteiger partial charge in [-0.1, -0.05) is 42.5 Å². The molecule has 0 spiro atoms. The molecule has 2 amide bonds. The molecule has 8 nitrogen and oxygen atoms in total. The molecule has 0 saturated carbocycles. The third-order valence-electron chi connectivity index (χ3n) is 4.72. The number of anilines is 1. The molecule has 2 rings (SSSR count). The van der Waals surface area contributed by atoms with E-state index >= 15 is 0 Å². The van der Waals surface area contributed by atoms with Crippen LogP contribution in [-0.2, 0) is 26.2 Å². The molecule has 1 unspecified atom stereocenters. The van der Waals surface area contributed by atoms with Gasteiger partial charge in [0.25, 0.3) is 0 Å². The molecule has 9 heteroatoms. The van der Waals surface area contributed by atoms with Crippen molar-refractivity contribution in [2.45, 2.75) is 26.4 Å².